The van der Waals surface area contributed by atoms with Crippen LogP contribution in [0.15, 0.2) is 0 Å². The van der Waals surface area contributed by atoms with E-state index in [9.17, 15) is 4.21 Å². The Bertz CT molecular complexity index is 130. The van der Waals surface area contributed by atoms with Crippen LogP contribution in [0.3, 0.4) is 0 Å². The van der Waals surface area contributed by atoms with Crippen molar-refractivity contribution in [2.75, 3.05) is 25.2 Å². The molecule has 2 atom stereocenters. The summed E-state index contributed by atoms with van der Waals surface area (Å²) in [7, 11) is 1.11. The van der Waals surface area contributed by atoms with Crippen molar-refractivity contribution < 1.29 is 9.32 Å². The van der Waals surface area contributed by atoms with Crippen LogP contribution in [0.5, 0.6) is 0 Å². The van der Waals surface area contributed by atoms with E-state index in [1.165, 1.54) is 0 Å². The Morgan fingerprint density at radius 2 is 2.25 bits per heavy atom. The van der Waals surface area contributed by atoms with E-state index in [4.69, 9.17) is 5.11 Å². The molecule has 2 unspecified atom stereocenters. The molecular formula is C8H19NO2S. The largest absolute Gasteiger partial charge is 0.396 e. The van der Waals surface area contributed by atoms with E-state index in [1.54, 1.807) is 0 Å². The van der Waals surface area contributed by atoms with Crippen LogP contribution in [0, 0.1) is 0 Å². The van der Waals surface area contributed by atoms with Crippen molar-refractivity contribution in [2.24, 2.45) is 0 Å². The van der Waals surface area contributed by atoms with Crippen LogP contribution in [0.4, 0.5) is 0 Å². The van der Waals surface area contributed by atoms with Crippen molar-refractivity contribution in [1.82, 2.24) is 5.32 Å². The third-order valence-electron chi connectivity index (χ3n) is 1.70. The van der Waals surface area contributed by atoms with Gasteiger partial charge in [0.2, 0.25) is 0 Å². The molecule has 0 heterocycles. The number of hydrogen-bond donors (Lipinski definition) is 2. The fourth-order valence-electron chi connectivity index (χ4n) is 1.00. The van der Waals surface area contributed by atoms with E-state index in [0.29, 0.717) is 12.2 Å². The molecule has 0 rings (SSSR count). The number of hydrogen-bond acceptors (Lipinski definition) is 3. The molecule has 0 aliphatic rings. The lowest BCUT2D eigenvalue weighted by Crippen LogP contribution is -2.32. The van der Waals surface area contributed by atoms with Gasteiger partial charge in [-0.05, 0) is 19.9 Å². The van der Waals surface area contributed by atoms with E-state index in [-0.39, 0.29) is 12.6 Å². The minimum absolute atomic E-state index is 0.162. The minimum Gasteiger partial charge on any atom is -0.396 e. The highest BCUT2D eigenvalue weighted by atomic mass is 32.2. The van der Waals surface area contributed by atoms with Crippen LogP contribution >= 0.6 is 0 Å². The first kappa shape index (κ1) is 12.1. The van der Waals surface area contributed by atoms with Gasteiger partial charge in [-0.15, -0.1) is 0 Å². The molecule has 0 saturated heterocycles. The highest BCUT2D eigenvalue weighted by molar-refractivity contribution is 7.85. The molecule has 0 saturated carbocycles. The zero-order chi connectivity index (χ0) is 9.40. The maximum absolute atomic E-state index is 11.3. The first-order valence-electron chi connectivity index (χ1n) is 4.37. The fourth-order valence-corrected chi connectivity index (χ4v) is 2.41. The molecule has 2 N–H and O–H groups in total. The maximum atomic E-state index is 11.3. The topological polar surface area (TPSA) is 49.3 Å². The van der Waals surface area contributed by atoms with E-state index in [0.717, 1.165) is 12.2 Å². The lowest BCUT2D eigenvalue weighted by Gasteiger charge is -2.13. The van der Waals surface area contributed by atoms with E-state index < -0.39 is 10.8 Å². The average Bonchev–Trinajstić information content (AvgIpc) is 2.04. The Morgan fingerprint density at radius 1 is 1.58 bits per heavy atom. The predicted molar refractivity (Wildman–Crippen MR) is 52.7 cm³/mol. The Labute approximate surface area is 77.0 Å². The van der Waals surface area contributed by atoms with Crippen LogP contribution in [-0.2, 0) is 10.8 Å². The van der Waals surface area contributed by atoms with Gasteiger partial charge in [0.1, 0.15) is 0 Å². The predicted octanol–water partition coefficient (Wildman–Crippen LogP) is 0.116. The van der Waals surface area contributed by atoms with E-state index >= 15 is 0 Å². The lowest BCUT2D eigenvalue weighted by atomic mass is 10.2. The Morgan fingerprint density at radius 3 is 2.67 bits per heavy atom. The second-order valence-corrected chi connectivity index (χ2v) is 4.43. The summed E-state index contributed by atoms with van der Waals surface area (Å²) in [6, 6.07) is 0.197. The summed E-state index contributed by atoms with van der Waals surface area (Å²) >= 11 is 0. The van der Waals surface area contributed by atoms with Gasteiger partial charge in [0.05, 0.1) is 0 Å². The van der Waals surface area contributed by atoms with Crippen molar-refractivity contribution in [1.29, 1.82) is 0 Å². The summed E-state index contributed by atoms with van der Waals surface area (Å²) in [6.45, 7) is 2.19. The summed E-state index contributed by atoms with van der Waals surface area (Å²) < 4.78 is 11.3. The second kappa shape index (κ2) is 7.71. The zero-order valence-electron chi connectivity index (χ0n) is 7.88. The summed E-state index contributed by atoms with van der Waals surface area (Å²) in [5, 5.41) is 11.7. The normalized spacial score (nSPS) is 15.9. The number of rotatable bonds is 7. The highest BCUT2D eigenvalue weighted by Gasteiger charge is 2.08. The van der Waals surface area contributed by atoms with Gasteiger partial charge in [0.25, 0.3) is 0 Å². The summed E-state index contributed by atoms with van der Waals surface area (Å²) in [4.78, 5) is 0. The molecule has 0 aromatic heterocycles. The van der Waals surface area contributed by atoms with Crippen LogP contribution in [0.1, 0.15) is 19.8 Å². The van der Waals surface area contributed by atoms with Crippen LogP contribution in [0.25, 0.3) is 0 Å². The minimum atomic E-state index is -0.725. The monoisotopic (exact) mass is 193 g/mol. The Kier molecular flexibility index (Phi) is 7.75. The maximum Gasteiger partial charge on any atom is 0.0446 e. The highest BCUT2D eigenvalue weighted by Crippen LogP contribution is 1.95. The van der Waals surface area contributed by atoms with Gasteiger partial charge < -0.3 is 10.4 Å². The van der Waals surface area contributed by atoms with Gasteiger partial charge in [0, 0.05) is 35.0 Å². The molecule has 0 aromatic rings. The molecule has 0 radical (unpaired) electrons. The van der Waals surface area contributed by atoms with Gasteiger partial charge in [-0.25, -0.2) is 0 Å². The smallest absolute Gasteiger partial charge is 0.0446 e. The second-order valence-electron chi connectivity index (χ2n) is 2.81. The summed E-state index contributed by atoms with van der Waals surface area (Å²) in [6.07, 6.45) is 1.65. The van der Waals surface area contributed by atoms with Gasteiger partial charge in [0.15, 0.2) is 0 Å². The molecule has 0 bridgehead atoms. The molecule has 0 aromatic carbocycles. The lowest BCUT2D eigenvalue weighted by molar-refractivity contribution is 0.273. The number of nitrogens with one attached hydrogen (secondary N) is 1. The van der Waals surface area contributed by atoms with Crippen molar-refractivity contribution in [2.45, 2.75) is 25.8 Å². The van der Waals surface area contributed by atoms with Crippen molar-refractivity contribution in [3.05, 3.63) is 0 Å². The SMILES string of the molecule is CCCS(=O)CC(CCO)NC. The van der Waals surface area contributed by atoms with Gasteiger partial charge in [-0.1, -0.05) is 6.92 Å². The third-order valence-corrected chi connectivity index (χ3v) is 3.34. The Hall–Kier alpha value is 0.0700. The fraction of sp³-hybridized carbons (Fsp3) is 1.00. The van der Waals surface area contributed by atoms with Gasteiger partial charge in [-0.2, -0.15) is 0 Å². The van der Waals surface area contributed by atoms with E-state index in [2.05, 4.69) is 5.32 Å². The molecule has 3 nitrogen and oxygen atoms in total. The standard InChI is InChI=1S/C8H19NO2S/c1-3-6-12(11)7-8(9-2)4-5-10/h8-10H,3-7H2,1-2H3. The summed E-state index contributed by atoms with van der Waals surface area (Å²) in [5.74, 6) is 1.43. The quantitative estimate of drug-likeness (QED) is 0.603. The first-order valence-corrected chi connectivity index (χ1v) is 5.86. The number of aliphatic hydroxyl groups is 1. The van der Waals surface area contributed by atoms with Crippen LogP contribution in [-0.4, -0.2) is 40.5 Å². The molecule has 0 amide bonds. The van der Waals surface area contributed by atoms with Crippen LogP contribution < -0.4 is 5.32 Å². The molecule has 4 heteroatoms. The number of aliphatic hydroxyl groups excluding tert-OH is 1. The molecule has 74 valence electrons. The molecule has 0 aliphatic heterocycles. The molecule has 0 aliphatic carbocycles. The molecule has 0 fully saturated rings. The van der Waals surface area contributed by atoms with Gasteiger partial charge >= 0.3 is 0 Å². The van der Waals surface area contributed by atoms with Gasteiger partial charge in [-0.3, -0.25) is 4.21 Å². The Balaban J connectivity index is 3.61. The van der Waals surface area contributed by atoms with Crippen molar-refractivity contribution in [3.8, 4) is 0 Å². The van der Waals surface area contributed by atoms with Crippen LogP contribution in [0.2, 0.25) is 0 Å². The first-order chi connectivity index (χ1) is 5.74. The zero-order valence-corrected chi connectivity index (χ0v) is 8.69. The summed E-state index contributed by atoms with van der Waals surface area (Å²) in [5.41, 5.74) is 0. The average molecular weight is 193 g/mol. The van der Waals surface area contributed by atoms with E-state index in [1.807, 2.05) is 14.0 Å². The molecule has 12 heavy (non-hydrogen) atoms. The van der Waals surface area contributed by atoms with Crippen molar-refractivity contribution in [3.63, 3.8) is 0 Å². The van der Waals surface area contributed by atoms with Crippen molar-refractivity contribution >= 4 is 10.8 Å². The third kappa shape index (κ3) is 5.69. The molecule has 0 spiro atoms. The molecular weight excluding hydrogens is 174 g/mol.